The van der Waals surface area contributed by atoms with Gasteiger partial charge in [0.2, 0.25) is 18.0 Å². The second kappa shape index (κ2) is 9.23. The molecule has 4 rings (SSSR count). The minimum absolute atomic E-state index is 0.0688. The number of aliphatic hydroxyl groups is 3. The Hall–Kier alpha value is -1.77. The highest BCUT2D eigenvalue weighted by Gasteiger charge is 2.63. The van der Waals surface area contributed by atoms with Crippen LogP contribution in [-0.4, -0.2) is 106 Å². The molecule has 10 atom stereocenters. The zero-order chi connectivity index (χ0) is 23.0. The second-order valence-electron chi connectivity index (χ2n) is 8.52. The van der Waals surface area contributed by atoms with Gasteiger partial charge in [0, 0.05) is 12.4 Å². The number of hydrogen-bond acceptors (Lipinski definition) is 11. The molecular formula is C20H31N5O7. The Kier molecular flexibility index (Phi) is 6.75. The van der Waals surface area contributed by atoms with E-state index in [-0.39, 0.29) is 18.9 Å². The lowest BCUT2D eigenvalue weighted by molar-refractivity contribution is -0.449. The largest absolute Gasteiger partial charge is 0.390 e. The highest BCUT2D eigenvalue weighted by molar-refractivity contribution is 5.78. The van der Waals surface area contributed by atoms with E-state index in [0.717, 1.165) is 0 Å². The molecule has 1 saturated carbocycles. The Morgan fingerprint density at radius 1 is 1.12 bits per heavy atom. The summed E-state index contributed by atoms with van der Waals surface area (Å²) in [6.45, 7) is 1.79. The third-order valence-corrected chi connectivity index (χ3v) is 6.42. The van der Waals surface area contributed by atoms with E-state index in [0.29, 0.717) is 5.82 Å². The van der Waals surface area contributed by atoms with Gasteiger partial charge in [0.05, 0.1) is 36.8 Å². The van der Waals surface area contributed by atoms with Crippen LogP contribution in [0.4, 0.5) is 0 Å². The number of likely N-dealkylation sites (N-methyl/N-ethyl adjacent to an activating group) is 2. The summed E-state index contributed by atoms with van der Waals surface area (Å²) in [6.07, 6.45) is -2.22. The number of amides is 1. The van der Waals surface area contributed by atoms with Crippen molar-refractivity contribution in [1.29, 1.82) is 0 Å². The average molecular weight is 453 g/mol. The lowest BCUT2D eigenvalue weighted by atomic mass is 9.79. The molecule has 1 aromatic heterocycles. The number of hydrogen-bond donors (Lipinski definition) is 6. The van der Waals surface area contributed by atoms with Crippen LogP contribution in [-0.2, 0) is 25.4 Å². The molecule has 3 fully saturated rings. The van der Waals surface area contributed by atoms with E-state index in [1.165, 1.54) is 0 Å². The van der Waals surface area contributed by atoms with Crippen molar-refractivity contribution in [3.8, 4) is 0 Å². The molecule has 1 aliphatic carbocycles. The number of aliphatic hydroxyl groups excluding tert-OH is 2. The first-order valence-corrected chi connectivity index (χ1v) is 10.8. The molecule has 12 heteroatoms. The first kappa shape index (κ1) is 23.4. The lowest BCUT2D eigenvalue weighted by Gasteiger charge is -2.58. The molecule has 3 aliphatic rings. The van der Waals surface area contributed by atoms with Gasteiger partial charge in [-0.25, -0.2) is 9.97 Å². The van der Waals surface area contributed by atoms with Gasteiger partial charge in [0.1, 0.15) is 24.1 Å². The second-order valence-corrected chi connectivity index (χ2v) is 8.52. The van der Waals surface area contributed by atoms with E-state index < -0.39 is 60.5 Å². The highest BCUT2D eigenvalue weighted by atomic mass is 16.8. The fourth-order valence-corrected chi connectivity index (χ4v) is 4.83. The summed E-state index contributed by atoms with van der Waals surface area (Å²) in [4.78, 5) is 20.7. The van der Waals surface area contributed by atoms with Crippen LogP contribution in [0.25, 0.3) is 0 Å². The van der Waals surface area contributed by atoms with Crippen molar-refractivity contribution in [2.75, 3.05) is 14.1 Å². The van der Waals surface area contributed by atoms with E-state index in [1.807, 2.05) is 0 Å². The first-order valence-electron chi connectivity index (χ1n) is 10.8. The number of rotatable bonds is 5. The minimum Gasteiger partial charge on any atom is -0.390 e. The van der Waals surface area contributed by atoms with E-state index >= 15 is 0 Å². The predicted octanol–water partition coefficient (Wildman–Crippen LogP) is -2.98. The van der Waals surface area contributed by atoms with Gasteiger partial charge < -0.3 is 45.5 Å². The Balaban J connectivity index is 1.56. The molecule has 0 aromatic carbocycles. The SMILES string of the molecule is CN[C@@H]1[C@H](O)[C@H](NC)C2O[C@]3(O)C(OC2[C@@H]1O)O[C@H](C)C[C@H]3NC(=O)Cc1ncccn1. The van der Waals surface area contributed by atoms with Gasteiger partial charge in [0.15, 0.2) is 0 Å². The molecule has 0 bridgehead atoms. The molecule has 6 N–H and O–H groups in total. The molecule has 12 nitrogen and oxygen atoms in total. The summed E-state index contributed by atoms with van der Waals surface area (Å²) >= 11 is 0. The van der Waals surface area contributed by atoms with Crippen LogP contribution in [0.15, 0.2) is 18.5 Å². The fraction of sp³-hybridized carbons (Fsp3) is 0.750. The average Bonchev–Trinajstić information content (AvgIpc) is 2.75. The van der Waals surface area contributed by atoms with Gasteiger partial charge in [-0.1, -0.05) is 0 Å². The molecular weight excluding hydrogens is 422 g/mol. The predicted molar refractivity (Wildman–Crippen MR) is 109 cm³/mol. The van der Waals surface area contributed by atoms with Crippen LogP contribution < -0.4 is 16.0 Å². The minimum atomic E-state index is -2.03. The van der Waals surface area contributed by atoms with Gasteiger partial charge in [-0.2, -0.15) is 0 Å². The number of fused-ring (bicyclic) bond motifs is 2. The first-order chi connectivity index (χ1) is 15.3. The molecule has 1 amide bonds. The summed E-state index contributed by atoms with van der Waals surface area (Å²) in [5.74, 6) is -2.07. The molecule has 1 aromatic rings. The molecule has 32 heavy (non-hydrogen) atoms. The quantitative estimate of drug-likeness (QED) is 0.269. The Bertz CT molecular complexity index is 804. The Morgan fingerprint density at radius 3 is 2.47 bits per heavy atom. The topological polar surface area (TPSA) is 167 Å². The Labute approximate surface area is 185 Å². The van der Waals surface area contributed by atoms with Crippen molar-refractivity contribution >= 4 is 5.91 Å². The normalized spacial score (nSPS) is 43.8. The number of carbonyl (C=O) groups excluding carboxylic acids is 1. The van der Waals surface area contributed by atoms with Crippen LogP contribution in [0.1, 0.15) is 19.2 Å². The number of nitrogens with one attached hydrogen (secondary N) is 3. The third-order valence-electron chi connectivity index (χ3n) is 6.42. The monoisotopic (exact) mass is 453 g/mol. The summed E-state index contributed by atoms with van der Waals surface area (Å²) in [6, 6.07) is -0.533. The zero-order valence-corrected chi connectivity index (χ0v) is 18.2. The summed E-state index contributed by atoms with van der Waals surface area (Å²) in [5, 5.41) is 41.7. The van der Waals surface area contributed by atoms with E-state index in [9.17, 15) is 20.1 Å². The highest BCUT2D eigenvalue weighted by Crippen LogP contribution is 2.41. The molecule has 3 unspecified atom stereocenters. The van der Waals surface area contributed by atoms with Crippen molar-refractivity contribution in [1.82, 2.24) is 25.9 Å². The van der Waals surface area contributed by atoms with Gasteiger partial charge in [-0.15, -0.1) is 0 Å². The summed E-state index contributed by atoms with van der Waals surface area (Å²) < 4.78 is 17.9. The van der Waals surface area contributed by atoms with Crippen molar-refractivity contribution in [3.05, 3.63) is 24.3 Å². The van der Waals surface area contributed by atoms with E-state index in [2.05, 4.69) is 25.9 Å². The molecule has 2 aliphatic heterocycles. The Morgan fingerprint density at radius 2 is 1.81 bits per heavy atom. The number of nitrogens with zero attached hydrogens (tertiary/aromatic N) is 2. The van der Waals surface area contributed by atoms with Crippen molar-refractivity contribution in [3.63, 3.8) is 0 Å². The zero-order valence-electron chi connectivity index (χ0n) is 18.2. The summed E-state index contributed by atoms with van der Waals surface area (Å²) in [5.41, 5.74) is 0. The van der Waals surface area contributed by atoms with Crippen LogP contribution >= 0.6 is 0 Å². The molecule has 0 radical (unpaired) electrons. The molecule has 2 saturated heterocycles. The van der Waals surface area contributed by atoms with Gasteiger partial charge in [0.25, 0.3) is 0 Å². The van der Waals surface area contributed by atoms with Crippen LogP contribution in [0.5, 0.6) is 0 Å². The van der Waals surface area contributed by atoms with Crippen molar-refractivity contribution < 1.29 is 34.3 Å². The van der Waals surface area contributed by atoms with Crippen LogP contribution in [0.3, 0.4) is 0 Å². The maximum absolute atomic E-state index is 12.7. The number of ether oxygens (including phenoxy) is 3. The maximum atomic E-state index is 12.7. The third kappa shape index (κ3) is 4.13. The van der Waals surface area contributed by atoms with Crippen LogP contribution in [0.2, 0.25) is 0 Å². The molecule has 178 valence electrons. The van der Waals surface area contributed by atoms with Gasteiger partial charge in [-0.3, -0.25) is 4.79 Å². The van der Waals surface area contributed by atoms with Gasteiger partial charge in [-0.05, 0) is 33.5 Å². The standard InChI is InChI=1S/C20H31N5O7/c1-9-7-10(25-12(26)8-11-23-5-4-6-24-11)20(29)19(30-9)31-18-16(28)13(21-2)15(27)14(22-3)17(18)32-20/h4-6,9-10,13-19,21-22,27-29H,7-8H2,1-3H3,(H,25,26)/t9-,10-,13-,14+,15+,16-,17?,18?,19?,20+/m1/s1. The smallest absolute Gasteiger partial charge is 0.239 e. The number of carbonyl (C=O) groups is 1. The maximum Gasteiger partial charge on any atom is 0.239 e. The fourth-order valence-electron chi connectivity index (χ4n) is 4.83. The van der Waals surface area contributed by atoms with Gasteiger partial charge >= 0.3 is 0 Å². The lowest BCUT2D eigenvalue weighted by Crippen LogP contribution is -2.79. The molecule has 3 heterocycles. The van der Waals surface area contributed by atoms with E-state index in [1.54, 1.807) is 39.5 Å². The van der Waals surface area contributed by atoms with Crippen molar-refractivity contribution in [2.45, 2.75) is 80.5 Å². The van der Waals surface area contributed by atoms with E-state index in [4.69, 9.17) is 14.2 Å². The number of aromatic nitrogens is 2. The van der Waals surface area contributed by atoms with Crippen LogP contribution in [0, 0.1) is 0 Å². The molecule has 0 spiro atoms. The van der Waals surface area contributed by atoms with Crippen molar-refractivity contribution in [2.24, 2.45) is 0 Å². The summed E-state index contributed by atoms with van der Waals surface area (Å²) in [7, 11) is 3.28.